The number of hydrogen-bond acceptors (Lipinski definition) is 3. The van der Waals surface area contributed by atoms with Crippen molar-refractivity contribution in [2.24, 2.45) is 17.8 Å². The Balaban J connectivity index is 2.21. The molecule has 0 radical (unpaired) electrons. The summed E-state index contributed by atoms with van der Waals surface area (Å²) in [6.45, 7) is 8.66. The maximum atomic E-state index is 12.2. The van der Waals surface area contributed by atoms with Crippen LogP contribution < -0.4 is 0 Å². The van der Waals surface area contributed by atoms with Gasteiger partial charge in [-0.05, 0) is 50.5 Å². The first-order chi connectivity index (χ1) is 10.9. The molecule has 2 bridgehead atoms. The second kappa shape index (κ2) is 7.94. The molecular weight excluding hydrogens is 288 g/mol. The zero-order valence-corrected chi connectivity index (χ0v) is 14.9. The van der Waals surface area contributed by atoms with Gasteiger partial charge < -0.3 is 4.74 Å². The van der Waals surface area contributed by atoms with Gasteiger partial charge >= 0.3 is 5.97 Å². The molecule has 128 valence electrons. The maximum Gasteiger partial charge on any atom is 0.334 e. The SMILES string of the molecule is C/C1=C/CCC(C)CC(=O)CC2=C[C@H](OC2=O)[C@@H](C(C)C)CC1. The number of carbonyl (C=O) groups excluding carboxylic acids is 2. The fourth-order valence-electron chi connectivity index (χ4n) is 3.60. The van der Waals surface area contributed by atoms with Gasteiger partial charge in [-0.2, -0.15) is 0 Å². The molecule has 0 saturated carbocycles. The van der Waals surface area contributed by atoms with Crippen LogP contribution in [-0.4, -0.2) is 17.9 Å². The van der Waals surface area contributed by atoms with E-state index in [1.807, 2.05) is 6.08 Å². The lowest BCUT2D eigenvalue weighted by Gasteiger charge is -2.25. The van der Waals surface area contributed by atoms with E-state index in [0.29, 0.717) is 29.7 Å². The molecule has 0 amide bonds. The Hall–Kier alpha value is -1.38. The molecule has 0 aromatic rings. The third-order valence-corrected chi connectivity index (χ3v) is 5.14. The predicted octanol–water partition coefficient (Wildman–Crippen LogP) is 4.62. The fourth-order valence-corrected chi connectivity index (χ4v) is 3.60. The fraction of sp³-hybridized carbons (Fsp3) is 0.700. The number of hydrogen-bond donors (Lipinski definition) is 0. The molecule has 3 atom stereocenters. The van der Waals surface area contributed by atoms with E-state index in [-0.39, 0.29) is 24.3 Å². The van der Waals surface area contributed by atoms with E-state index < -0.39 is 0 Å². The second-order valence-corrected chi connectivity index (χ2v) is 7.66. The highest BCUT2D eigenvalue weighted by atomic mass is 16.5. The van der Waals surface area contributed by atoms with Crippen LogP contribution in [0.5, 0.6) is 0 Å². The van der Waals surface area contributed by atoms with Crippen LogP contribution in [0.15, 0.2) is 23.3 Å². The molecule has 3 heteroatoms. The molecule has 0 spiro atoms. The number of rotatable bonds is 1. The minimum atomic E-state index is -0.288. The summed E-state index contributed by atoms with van der Waals surface area (Å²) >= 11 is 0. The van der Waals surface area contributed by atoms with Crippen molar-refractivity contribution in [3.63, 3.8) is 0 Å². The van der Waals surface area contributed by atoms with Gasteiger partial charge in [0.2, 0.25) is 0 Å². The average molecular weight is 318 g/mol. The number of ether oxygens (including phenoxy) is 1. The van der Waals surface area contributed by atoms with Crippen molar-refractivity contribution in [3.05, 3.63) is 23.3 Å². The van der Waals surface area contributed by atoms with Crippen molar-refractivity contribution in [2.45, 2.75) is 72.3 Å². The predicted molar refractivity (Wildman–Crippen MR) is 91.9 cm³/mol. The summed E-state index contributed by atoms with van der Waals surface area (Å²) in [5.41, 5.74) is 1.97. The summed E-state index contributed by atoms with van der Waals surface area (Å²) in [5.74, 6) is 0.993. The lowest BCUT2D eigenvalue weighted by atomic mass is 9.84. The van der Waals surface area contributed by atoms with Gasteiger partial charge in [0.05, 0.1) is 0 Å². The van der Waals surface area contributed by atoms with E-state index >= 15 is 0 Å². The minimum absolute atomic E-state index is 0.153. The summed E-state index contributed by atoms with van der Waals surface area (Å²) in [6, 6.07) is 0. The van der Waals surface area contributed by atoms with Gasteiger partial charge in [0.1, 0.15) is 11.9 Å². The van der Waals surface area contributed by atoms with Crippen LogP contribution in [0, 0.1) is 17.8 Å². The third kappa shape index (κ3) is 5.05. The molecule has 0 N–H and O–H groups in total. The van der Waals surface area contributed by atoms with Crippen LogP contribution in [-0.2, 0) is 14.3 Å². The molecule has 1 heterocycles. The average Bonchev–Trinajstić information content (AvgIpc) is 2.78. The Morgan fingerprint density at radius 3 is 2.65 bits per heavy atom. The van der Waals surface area contributed by atoms with Gasteiger partial charge in [-0.1, -0.05) is 32.4 Å². The van der Waals surface area contributed by atoms with Crippen LogP contribution in [0.25, 0.3) is 0 Å². The lowest BCUT2D eigenvalue weighted by Crippen LogP contribution is -2.25. The summed E-state index contributed by atoms with van der Waals surface area (Å²) in [5, 5.41) is 0. The van der Waals surface area contributed by atoms with Gasteiger partial charge in [0.15, 0.2) is 0 Å². The Morgan fingerprint density at radius 1 is 1.22 bits per heavy atom. The first-order valence-corrected chi connectivity index (χ1v) is 8.95. The molecule has 2 aliphatic rings. The van der Waals surface area contributed by atoms with Crippen LogP contribution in [0.2, 0.25) is 0 Å². The van der Waals surface area contributed by atoms with Crippen LogP contribution in [0.3, 0.4) is 0 Å². The van der Waals surface area contributed by atoms with Crippen molar-refractivity contribution in [1.29, 1.82) is 0 Å². The van der Waals surface area contributed by atoms with Gasteiger partial charge in [0, 0.05) is 24.3 Å². The first kappa shape index (κ1) is 18.0. The largest absolute Gasteiger partial charge is 0.454 e. The smallest absolute Gasteiger partial charge is 0.334 e. The summed E-state index contributed by atoms with van der Waals surface area (Å²) in [7, 11) is 0. The highest BCUT2D eigenvalue weighted by Crippen LogP contribution is 2.32. The Kier molecular flexibility index (Phi) is 6.20. The van der Waals surface area contributed by atoms with Gasteiger partial charge in [-0.15, -0.1) is 0 Å². The zero-order valence-electron chi connectivity index (χ0n) is 14.9. The molecule has 2 rings (SSSR count). The quantitative estimate of drug-likeness (QED) is 0.523. The summed E-state index contributed by atoms with van der Waals surface area (Å²) in [4.78, 5) is 24.3. The topological polar surface area (TPSA) is 43.4 Å². The minimum Gasteiger partial charge on any atom is -0.454 e. The molecule has 1 unspecified atom stereocenters. The number of fused-ring (bicyclic) bond motifs is 1. The number of ketones is 1. The van der Waals surface area contributed by atoms with E-state index in [9.17, 15) is 9.59 Å². The first-order valence-electron chi connectivity index (χ1n) is 8.95. The third-order valence-electron chi connectivity index (χ3n) is 5.14. The molecule has 0 fully saturated rings. The standard InChI is InChI=1S/C20H30O3/c1-13(2)18-9-8-14(3)6-5-7-15(4)10-17(21)11-16-12-19(18)23-20(16)22/h6,12-13,15,18-19H,5,7-11H2,1-4H3/b14-6-/t15?,18-,19+/m1/s1. The Bertz CT molecular complexity index is 513. The van der Waals surface area contributed by atoms with Gasteiger partial charge in [-0.3, -0.25) is 4.79 Å². The lowest BCUT2D eigenvalue weighted by molar-refractivity contribution is -0.142. The molecule has 3 nitrogen and oxygen atoms in total. The van der Waals surface area contributed by atoms with E-state index in [2.05, 4.69) is 33.8 Å². The van der Waals surface area contributed by atoms with Crippen LogP contribution in [0.4, 0.5) is 0 Å². The summed E-state index contributed by atoms with van der Waals surface area (Å²) in [6.07, 6.45) is 8.98. The van der Waals surface area contributed by atoms with E-state index in [1.165, 1.54) is 5.57 Å². The maximum absolute atomic E-state index is 12.2. The number of allylic oxidation sites excluding steroid dienone is 2. The van der Waals surface area contributed by atoms with Crippen molar-refractivity contribution in [1.82, 2.24) is 0 Å². The molecule has 0 aromatic carbocycles. The van der Waals surface area contributed by atoms with Crippen molar-refractivity contribution >= 4 is 11.8 Å². The van der Waals surface area contributed by atoms with Crippen molar-refractivity contribution in [3.8, 4) is 0 Å². The van der Waals surface area contributed by atoms with Gasteiger partial charge in [-0.25, -0.2) is 4.79 Å². The van der Waals surface area contributed by atoms with Crippen LogP contribution >= 0.6 is 0 Å². The van der Waals surface area contributed by atoms with E-state index in [4.69, 9.17) is 4.74 Å². The molecule has 0 aromatic heterocycles. The molecular formula is C20H30O3. The highest BCUT2D eigenvalue weighted by molar-refractivity contribution is 5.97. The monoisotopic (exact) mass is 318 g/mol. The normalized spacial score (nSPS) is 32.8. The Morgan fingerprint density at radius 2 is 1.96 bits per heavy atom. The van der Waals surface area contributed by atoms with E-state index in [1.54, 1.807) is 0 Å². The molecule has 1 aliphatic carbocycles. The number of carbonyl (C=O) groups is 2. The van der Waals surface area contributed by atoms with Crippen molar-refractivity contribution in [2.75, 3.05) is 0 Å². The molecule has 23 heavy (non-hydrogen) atoms. The number of esters is 1. The molecule has 0 saturated heterocycles. The van der Waals surface area contributed by atoms with Crippen molar-refractivity contribution < 1.29 is 14.3 Å². The van der Waals surface area contributed by atoms with Gasteiger partial charge in [0.25, 0.3) is 0 Å². The Labute approximate surface area is 140 Å². The highest BCUT2D eigenvalue weighted by Gasteiger charge is 2.33. The molecule has 1 aliphatic heterocycles. The number of Topliss-reactive ketones (excluding diaryl/α,β-unsaturated/α-hetero) is 1. The van der Waals surface area contributed by atoms with E-state index in [0.717, 1.165) is 25.7 Å². The second-order valence-electron chi connectivity index (χ2n) is 7.66. The summed E-state index contributed by atoms with van der Waals surface area (Å²) < 4.78 is 5.58. The van der Waals surface area contributed by atoms with Crippen LogP contribution in [0.1, 0.15) is 66.2 Å². The zero-order chi connectivity index (χ0) is 17.0.